The lowest BCUT2D eigenvalue weighted by molar-refractivity contribution is -0.133. The number of carboxylic acid groups (broad SMARTS) is 1. The van der Waals surface area contributed by atoms with Crippen molar-refractivity contribution in [2.75, 3.05) is 7.11 Å². The Balaban J connectivity index is 1.82. The number of dihydropyridines is 1. The van der Waals surface area contributed by atoms with E-state index in [0.717, 1.165) is 17.0 Å². The summed E-state index contributed by atoms with van der Waals surface area (Å²) in [4.78, 5) is 25.4. The van der Waals surface area contributed by atoms with Crippen molar-refractivity contribution in [2.24, 2.45) is 0 Å². The number of phenols is 1. The number of para-hydroxylation sites is 1. The molecule has 2 aromatic rings. The van der Waals surface area contributed by atoms with Gasteiger partial charge in [0, 0.05) is 35.2 Å². The molecular weight excluding hydrogens is 382 g/mol. The van der Waals surface area contributed by atoms with Crippen LogP contribution in [0.15, 0.2) is 71.1 Å². The van der Waals surface area contributed by atoms with E-state index >= 15 is 0 Å². The monoisotopic (exact) mass is 405 g/mol. The van der Waals surface area contributed by atoms with Gasteiger partial charge in [-0.3, -0.25) is 4.79 Å². The summed E-state index contributed by atoms with van der Waals surface area (Å²) in [6.07, 6.45) is 0.836. The van der Waals surface area contributed by atoms with Crippen LogP contribution in [0.2, 0.25) is 0 Å². The zero-order valence-corrected chi connectivity index (χ0v) is 16.8. The number of rotatable bonds is 4. The number of ether oxygens (including phenoxy) is 1. The minimum absolute atomic E-state index is 0.0331. The Labute approximate surface area is 174 Å². The molecule has 2 aromatic carbocycles. The number of carboxylic acids is 1. The topological polar surface area (TPSA) is 95.9 Å². The van der Waals surface area contributed by atoms with Crippen molar-refractivity contribution < 1.29 is 24.5 Å². The highest BCUT2D eigenvalue weighted by Crippen LogP contribution is 2.46. The first-order valence-electron chi connectivity index (χ1n) is 9.79. The predicted octanol–water partition coefficient (Wildman–Crippen LogP) is 3.85. The van der Waals surface area contributed by atoms with Gasteiger partial charge in [0.05, 0.1) is 12.7 Å². The first kappa shape index (κ1) is 19.8. The van der Waals surface area contributed by atoms with E-state index in [1.807, 2.05) is 24.3 Å². The van der Waals surface area contributed by atoms with Crippen molar-refractivity contribution in [3.05, 3.63) is 82.2 Å². The zero-order valence-electron chi connectivity index (χ0n) is 16.8. The second kappa shape index (κ2) is 7.71. The van der Waals surface area contributed by atoms with Gasteiger partial charge >= 0.3 is 5.97 Å². The van der Waals surface area contributed by atoms with E-state index in [-0.39, 0.29) is 29.4 Å². The van der Waals surface area contributed by atoms with Crippen LogP contribution >= 0.6 is 0 Å². The molecule has 0 bridgehead atoms. The molecule has 3 N–H and O–H groups in total. The number of benzene rings is 2. The molecule has 0 fully saturated rings. The quantitative estimate of drug-likeness (QED) is 0.715. The van der Waals surface area contributed by atoms with E-state index in [9.17, 15) is 19.8 Å². The molecule has 154 valence electrons. The minimum Gasteiger partial charge on any atom is -0.508 e. The highest BCUT2D eigenvalue weighted by Gasteiger charge is 2.41. The molecule has 6 nitrogen and oxygen atoms in total. The van der Waals surface area contributed by atoms with Crippen LogP contribution in [-0.4, -0.2) is 29.1 Å². The van der Waals surface area contributed by atoms with Gasteiger partial charge in [0.2, 0.25) is 0 Å². The van der Waals surface area contributed by atoms with Gasteiger partial charge in [0.25, 0.3) is 0 Å². The Bertz CT molecular complexity index is 1100. The summed E-state index contributed by atoms with van der Waals surface area (Å²) in [5.41, 5.74) is 3.38. The fourth-order valence-corrected chi connectivity index (χ4v) is 4.58. The first-order chi connectivity index (χ1) is 14.4. The number of carbonyl (C=O) groups is 2. The summed E-state index contributed by atoms with van der Waals surface area (Å²) >= 11 is 0. The third kappa shape index (κ3) is 3.34. The maximum atomic E-state index is 13.3. The number of phenolic OH excluding ortho intramolecular Hbond substituents is 1. The molecule has 0 radical (unpaired) electrons. The van der Waals surface area contributed by atoms with Gasteiger partial charge in [-0.25, -0.2) is 4.79 Å². The molecule has 6 heteroatoms. The van der Waals surface area contributed by atoms with Crippen LogP contribution in [0.5, 0.6) is 11.5 Å². The Hall–Kier alpha value is -3.54. The van der Waals surface area contributed by atoms with Crippen molar-refractivity contribution in [3.8, 4) is 11.5 Å². The van der Waals surface area contributed by atoms with Gasteiger partial charge in [-0.15, -0.1) is 0 Å². The Morgan fingerprint density at radius 3 is 2.60 bits per heavy atom. The molecule has 4 rings (SSSR count). The third-order valence-electron chi connectivity index (χ3n) is 5.84. The summed E-state index contributed by atoms with van der Waals surface area (Å²) in [6, 6.07) is 14.1. The van der Waals surface area contributed by atoms with Crippen LogP contribution in [-0.2, 0) is 9.59 Å². The first-order valence-corrected chi connectivity index (χ1v) is 9.79. The SMILES string of the molecule is COc1ccccc1[C@H]1CC(=O)C2=C(C1)NC(C)=C(C(=O)O)[C@H]2c1cccc(O)c1. The van der Waals surface area contributed by atoms with Crippen LogP contribution in [0.1, 0.15) is 42.7 Å². The average molecular weight is 405 g/mol. The van der Waals surface area contributed by atoms with E-state index in [1.165, 1.54) is 12.1 Å². The van der Waals surface area contributed by atoms with Crippen LogP contribution in [0.4, 0.5) is 0 Å². The van der Waals surface area contributed by atoms with Crippen LogP contribution in [0, 0.1) is 0 Å². The van der Waals surface area contributed by atoms with Crippen LogP contribution < -0.4 is 10.1 Å². The number of aliphatic carboxylic acids is 1. The Morgan fingerprint density at radius 2 is 1.90 bits per heavy atom. The highest BCUT2D eigenvalue weighted by atomic mass is 16.5. The molecule has 0 saturated heterocycles. The average Bonchev–Trinajstić information content (AvgIpc) is 2.72. The molecule has 0 unspecified atom stereocenters. The molecule has 0 amide bonds. The number of hydrogen-bond acceptors (Lipinski definition) is 5. The van der Waals surface area contributed by atoms with Crippen molar-refractivity contribution >= 4 is 11.8 Å². The van der Waals surface area contributed by atoms with Gasteiger partial charge in [0.1, 0.15) is 11.5 Å². The van der Waals surface area contributed by atoms with E-state index < -0.39 is 11.9 Å². The maximum Gasteiger partial charge on any atom is 0.334 e. The standard InChI is InChI=1S/C24H23NO5/c1-13-21(24(28)29)22(14-6-5-7-16(26)10-14)23-18(25-13)11-15(12-19(23)27)17-8-3-4-9-20(17)30-2/h3-10,15,22,25-26H,11-12H2,1-2H3,(H,28,29)/t15-,22-/m1/s1. The van der Waals surface area contributed by atoms with Crippen molar-refractivity contribution in [1.29, 1.82) is 0 Å². The summed E-state index contributed by atoms with van der Waals surface area (Å²) < 4.78 is 5.48. The van der Waals surface area contributed by atoms with Crippen molar-refractivity contribution in [3.63, 3.8) is 0 Å². The molecule has 1 aliphatic carbocycles. The lowest BCUT2D eigenvalue weighted by atomic mass is 9.71. The summed E-state index contributed by atoms with van der Waals surface area (Å²) in [6.45, 7) is 1.71. The van der Waals surface area contributed by atoms with E-state index in [1.54, 1.807) is 26.2 Å². The molecule has 1 heterocycles. The molecule has 0 saturated carbocycles. The van der Waals surface area contributed by atoms with Gasteiger partial charge in [0.15, 0.2) is 5.78 Å². The number of methoxy groups -OCH3 is 1. The number of aromatic hydroxyl groups is 1. The number of carbonyl (C=O) groups excluding carboxylic acids is 1. The third-order valence-corrected chi connectivity index (χ3v) is 5.84. The van der Waals surface area contributed by atoms with Gasteiger partial charge in [-0.2, -0.15) is 0 Å². The summed E-state index contributed by atoms with van der Waals surface area (Å²) in [5.74, 6) is -1.21. The summed E-state index contributed by atoms with van der Waals surface area (Å²) in [7, 11) is 1.61. The number of allylic oxidation sites excluding steroid dienone is 3. The maximum absolute atomic E-state index is 13.3. The van der Waals surface area contributed by atoms with Crippen molar-refractivity contribution in [2.45, 2.75) is 31.6 Å². The lowest BCUT2D eigenvalue weighted by Crippen LogP contribution is -2.35. The molecule has 30 heavy (non-hydrogen) atoms. The fourth-order valence-electron chi connectivity index (χ4n) is 4.58. The molecule has 2 aliphatic rings. The van der Waals surface area contributed by atoms with Crippen molar-refractivity contribution in [1.82, 2.24) is 5.32 Å². The van der Waals surface area contributed by atoms with Gasteiger partial charge < -0.3 is 20.3 Å². The smallest absolute Gasteiger partial charge is 0.334 e. The van der Waals surface area contributed by atoms with Crippen LogP contribution in [0.25, 0.3) is 0 Å². The normalized spacial score (nSPS) is 21.2. The van der Waals surface area contributed by atoms with E-state index in [0.29, 0.717) is 23.3 Å². The highest BCUT2D eigenvalue weighted by molar-refractivity contribution is 6.04. The molecule has 0 aromatic heterocycles. The summed E-state index contributed by atoms with van der Waals surface area (Å²) in [5, 5.41) is 23.0. The van der Waals surface area contributed by atoms with E-state index in [4.69, 9.17) is 4.74 Å². The molecule has 1 aliphatic heterocycles. The number of nitrogens with one attached hydrogen (secondary N) is 1. The Morgan fingerprint density at radius 1 is 1.13 bits per heavy atom. The molecule has 0 spiro atoms. The van der Waals surface area contributed by atoms with Gasteiger partial charge in [-0.05, 0) is 42.7 Å². The zero-order chi connectivity index (χ0) is 21.4. The number of ketones is 1. The number of Topliss-reactive ketones (excluding diaryl/α,β-unsaturated/α-hetero) is 1. The molecular formula is C24H23NO5. The number of hydrogen-bond donors (Lipinski definition) is 3. The fraction of sp³-hybridized carbons (Fsp3) is 0.250. The predicted molar refractivity (Wildman–Crippen MR) is 111 cm³/mol. The minimum atomic E-state index is -1.08. The molecule has 2 atom stereocenters. The second-order valence-corrected chi connectivity index (χ2v) is 7.66. The van der Waals surface area contributed by atoms with Crippen LogP contribution in [0.3, 0.4) is 0 Å². The largest absolute Gasteiger partial charge is 0.508 e. The van der Waals surface area contributed by atoms with E-state index in [2.05, 4.69) is 5.32 Å². The second-order valence-electron chi connectivity index (χ2n) is 7.66. The Kier molecular flexibility index (Phi) is 5.08. The van der Waals surface area contributed by atoms with Gasteiger partial charge in [-0.1, -0.05) is 30.3 Å². The lowest BCUT2D eigenvalue weighted by Gasteiger charge is -2.36.